The highest BCUT2D eigenvalue weighted by Gasteiger charge is 2.19. The van der Waals surface area contributed by atoms with Gasteiger partial charge in [0.1, 0.15) is 11.3 Å². The molecule has 1 fully saturated rings. The molecule has 0 saturated carbocycles. The van der Waals surface area contributed by atoms with E-state index in [4.69, 9.17) is 4.98 Å². The van der Waals surface area contributed by atoms with Gasteiger partial charge in [-0.15, -0.1) is 0 Å². The number of aryl methyl sites for hydroxylation is 1. The maximum Gasteiger partial charge on any atom is 0.179 e. The van der Waals surface area contributed by atoms with Gasteiger partial charge in [0.2, 0.25) is 0 Å². The van der Waals surface area contributed by atoms with E-state index >= 15 is 0 Å². The average molecular weight is 380 g/mol. The molecule has 1 aliphatic heterocycles. The molecular weight excluding hydrogens is 350 g/mol. The summed E-state index contributed by atoms with van der Waals surface area (Å²) < 4.78 is 0. The Bertz CT molecular complexity index is 927. The van der Waals surface area contributed by atoms with Crippen LogP contribution in [-0.4, -0.2) is 70.0 Å². The smallest absolute Gasteiger partial charge is 0.179 e. The topological polar surface area (TPSA) is 64.2 Å². The first-order valence-electron chi connectivity index (χ1n) is 10.0. The van der Waals surface area contributed by atoms with Gasteiger partial charge in [-0.25, -0.2) is 9.97 Å². The number of likely N-dealkylation sites (N-methyl/N-ethyl adjacent to an activating group) is 1. The van der Waals surface area contributed by atoms with E-state index in [-0.39, 0.29) is 0 Å². The molecule has 3 aromatic heterocycles. The number of rotatable bonds is 6. The first-order chi connectivity index (χ1) is 13.6. The molecule has 0 amide bonds. The van der Waals surface area contributed by atoms with Crippen molar-refractivity contribution in [1.82, 2.24) is 29.7 Å². The quantitative estimate of drug-likeness (QED) is 0.709. The second kappa shape index (κ2) is 8.24. The number of fused-ring (bicyclic) bond motifs is 1. The standard InChI is InChI=1S/C21H29N7/c1-4-16-6-5-8-22-17(16)14-27(3)15-19-24-20-18(7-9-23-21(20)25-19)28-12-10-26(2)11-13-28/h5-9H,4,10-15H2,1-3H3,(H,23,24,25). The molecule has 0 radical (unpaired) electrons. The minimum Gasteiger partial charge on any atom is -0.367 e. The van der Waals surface area contributed by atoms with Crippen molar-refractivity contribution >= 4 is 16.9 Å². The van der Waals surface area contributed by atoms with Crippen molar-refractivity contribution in [3.8, 4) is 0 Å². The maximum absolute atomic E-state index is 4.74. The molecule has 7 heteroatoms. The lowest BCUT2D eigenvalue weighted by Gasteiger charge is -2.34. The molecule has 0 unspecified atom stereocenters. The fourth-order valence-corrected chi connectivity index (χ4v) is 3.83. The number of imidazole rings is 1. The number of aromatic amines is 1. The minimum absolute atomic E-state index is 0.734. The van der Waals surface area contributed by atoms with E-state index in [1.165, 1.54) is 11.3 Å². The molecule has 148 valence electrons. The number of H-pyrrole nitrogens is 1. The highest BCUT2D eigenvalue weighted by molar-refractivity contribution is 5.86. The highest BCUT2D eigenvalue weighted by atomic mass is 15.3. The Morgan fingerprint density at radius 1 is 1.07 bits per heavy atom. The Labute approximate surface area is 166 Å². The fourth-order valence-electron chi connectivity index (χ4n) is 3.83. The maximum atomic E-state index is 4.74. The van der Waals surface area contributed by atoms with Gasteiger partial charge in [0, 0.05) is 45.1 Å². The summed E-state index contributed by atoms with van der Waals surface area (Å²) in [5.41, 5.74) is 5.49. The average Bonchev–Trinajstić information content (AvgIpc) is 3.11. The van der Waals surface area contributed by atoms with Gasteiger partial charge in [-0.05, 0) is 38.2 Å². The summed E-state index contributed by atoms with van der Waals surface area (Å²) in [7, 11) is 4.28. The van der Waals surface area contributed by atoms with E-state index in [0.29, 0.717) is 0 Å². The van der Waals surface area contributed by atoms with Crippen LogP contribution in [0.25, 0.3) is 11.2 Å². The SMILES string of the molecule is CCc1cccnc1CN(C)Cc1nc2nccc(N3CCN(C)CC3)c2[nH]1. The van der Waals surface area contributed by atoms with Crippen LogP contribution in [-0.2, 0) is 19.5 Å². The lowest BCUT2D eigenvalue weighted by Crippen LogP contribution is -2.44. The van der Waals surface area contributed by atoms with Gasteiger partial charge in [0.15, 0.2) is 5.65 Å². The van der Waals surface area contributed by atoms with Crippen molar-refractivity contribution in [2.24, 2.45) is 0 Å². The Morgan fingerprint density at radius 2 is 1.89 bits per heavy atom. The van der Waals surface area contributed by atoms with Crippen molar-refractivity contribution in [3.05, 3.63) is 47.7 Å². The van der Waals surface area contributed by atoms with Crippen molar-refractivity contribution in [2.75, 3.05) is 45.2 Å². The van der Waals surface area contributed by atoms with Crippen LogP contribution in [0.2, 0.25) is 0 Å². The van der Waals surface area contributed by atoms with Gasteiger partial charge < -0.3 is 14.8 Å². The Balaban J connectivity index is 1.51. The summed E-state index contributed by atoms with van der Waals surface area (Å²) in [5, 5.41) is 0. The van der Waals surface area contributed by atoms with Crippen LogP contribution in [0.15, 0.2) is 30.6 Å². The summed E-state index contributed by atoms with van der Waals surface area (Å²) in [6.07, 6.45) is 4.74. The summed E-state index contributed by atoms with van der Waals surface area (Å²) in [4.78, 5) is 24.3. The molecule has 0 aromatic carbocycles. The Kier molecular flexibility index (Phi) is 5.54. The third-order valence-corrected chi connectivity index (χ3v) is 5.47. The lowest BCUT2D eigenvalue weighted by atomic mass is 10.1. The van der Waals surface area contributed by atoms with E-state index in [1.807, 2.05) is 18.5 Å². The third-order valence-electron chi connectivity index (χ3n) is 5.47. The van der Waals surface area contributed by atoms with Crippen molar-refractivity contribution in [2.45, 2.75) is 26.4 Å². The molecule has 0 spiro atoms. The van der Waals surface area contributed by atoms with Crippen LogP contribution in [0.1, 0.15) is 24.0 Å². The summed E-state index contributed by atoms with van der Waals surface area (Å²) in [5.74, 6) is 0.945. The van der Waals surface area contributed by atoms with Gasteiger partial charge in [-0.2, -0.15) is 0 Å². The molecule has 7 nitrogen and oxygen atoms in total. The summed E-state index contributed by atoms with van der Waals surface area (Å²) in [6.45, 7) is 7.94. The number of anilines is 1. The Morgan fingerprint density at radius 3 is 2.68 bits per heavy atom. The van der Waals surface area contributed by atoms with E-state index in [2.05, 4.69) is 62.8 Å². The molecule has 0 aliphatic carbocycles. The predicted octanol–water partition coefficient (Wildman–Crippen LogP) is 2.30. The van der Waals surface area contributed by atoms with Gasteiger partial charge in [0.25, 0.3) is 0 Å². The predicted molar refractivity (Wildman–Crippen MR) is 112 cm³/mol. The largest absolute Gasteiger partial charge is 0.367 e. The first-order valence-corrected chi connectivity index (χ1v) is 10.0. The zero-order valence-electron chi connectivity index (χ0n) is 17.0. The van der Waals surface area contributed by atoms with Crippen LogP contribution >= 0.6 is 0 Å². The number of nitrogens with one attached hydrogen (secondary N) is 1. The van der Waals surface area contributed by atoms with E-state index in [1.54, 1.807) is 0 Å². The van der Waals surface area contributed by atoms with E-state index in [9.17, 15) is 0 Å². The second-order valence-corrected chi connectivity index (χ2v) is 7.64. The minimum atomic E-state index is 0.734. The first kappa shape index (κ1) is 18.8. The fraction of sp³-hybridized carbons (Fsp3) is 0.476. The zero-order chi connectivity index (χ0) is 19.5. The summed E-state index contributed by atoms with van der Waals surface area (Å²) >= 11 is 0. The number of nitrogens with zero attached hydrogens (tertiary/aromatic N) is 6. The molecule has 1 saturated heterocycles. The van der Waals surface area contributed by atoms with Crippen molar-refractivity contribution in [3.63, 3.8) is 0 Å². The van der Waals surface area contributed by atoms with Crippen molar-refractivity contribution < 1.29 is 0 Å². The molecule has 3 aromatic rings. The van der Waals surface area contributed by atoms with Crippen LogP contribution < -0.4 is 4.90 Å². The molecule has 4 heterocycles. The van der Waals surface area contributed by atoms with E-state index < -0.39 is 0 Å². The number of pyridine rings is 2. The molecular formula is C21H29N7. The zero-order valence-corrected chi connectivity index (χ0v) is 17.0. The second-order valence-electron chi connectivity index (χ2n) is 7.64. The number of aromatic nitrogens is 4. The lowest BCUT2D eigenvalue weighted by molar-refractivity contribution is 0.307. The van der Waals surface area contributed by atoms with Crippen LogP contribution in [0.3, 0.4) is 0 Å². The monoisotopic (exact) mass is 379 g/mol. The molecule has 0 bridgehead atoms. The van der Waals surface area contributed by atoms with Crippen LogP contribution in [0.5, 0.6) is 0 Å². The molecule has 0 atom stereocenters. The number of hydrogen-bond acceptors (Lipinski definition) is 6. The highest BCUT2D eigenvalue weighted by Crippen LogP contribution is 2.25. The molecule has 28 heavy (non-hydrogen) atoms. The van der Waals surface area contributed by atoms with Gasteiger partial charge in [-0.1, -0.05) is 13.0 Å². The van der Waals surface area contributed by atoms with Crippen LogP contribution in [0.4, 0.5) is 5.69 Å². The molecule has 1 aliphatic rings. The van der Waals surface area contributed by atoms with E-state index in [0.717, 1.165) is 68.4 Å². The van der Waals surface area contributed by atoms with Crippen LogP contribution in [0, 0.1) is 0 Å². The Hall–Kier alpha value is -2.51. The summed E-state index contributed by atoms with van der Waals surface area (Å²) in [6, 6.07) is 6.26. The molecule has 1 N–H and O–H groups in total. The third kappa shape index (κ3) is 4.00. The molecule has 4 rings (SSSR count). The van der Waals surface area contributed by atoms with Gasteiger partial charge in [-0.3, -0.25) is 9.88 Å². The number of piperazine rings is 1. The van der Waals surface area contributed by atoms with Crippen molar-refractivity contribution in [1.29, 1.82) is 0 Å². The number of hydrogen-bond donors (Lipinski definition) is 1. The van der Waals surface area contributed by atoms with Gasteiger partial charge in [0.05, 0.1) is 17.9 Å². The van der Waals surface area contributed by atoms with Gasteiger partial charge >= 0.3 is 0 Å². The normalized spacial score (nSPS) is 15.6.